The van der Waals surface area contributed by atoms with Gasteiger partial charge in [-0.3, -0.25) is 28.9 Å². The maximum Gasteiger partial charge on any atom is 0.285 e. The van der Waals surface area contributed by atoms with Gasteiger partial charge in [-0.2, -0.15) is 0 Å². The lowest BCUT2D eigenvalue weighted by Gasteiger charge is -2.41. The molecule has 5 aromatic rings. The van der Waals surface area contributed by atoms with Crippen molar-refractivity contribution in [2.75, 3.05) is 26.9 Å². The number of benzene rings is 5. The molecule has 0 bridgehead atoms. The Morgan fingerprint density at radius 2 is 1.20 bits per heavy atom. The Morgan fingerprint density at radius 3 is 1.71 bits per heavy atom. The molecule has 0 unspecified atom stereocenters. The molecule has 3 aliphatic rings. The van der Waals surface area contributed by atoms with Gasteiger partial charge < -0.3 is 4.74 Å². The van der Waals surface area contributed by atoms with Crippen LogP contribution in [-0.2, 0) is 9.57 Å². The van der Waals surface area contributed by atoms with Crippen LogP contribution in [0.2, 0.25) is 0 Å². The predicted molar refractivity (Wildman–Crippen MR) is 154 cm³/mol. The zero-order valence-electron chi connectivity index (χ0n) is 23.1. The van der Waals surface area contributed by atoms with Gasteiger partial charge in [-0.15, -0.1) is 5.06 Å². The number of fused-ring (bicyclic) bond motifs is 2. The Labute approximate surface area is 234 Å². The number of rotatable bonds is 4. The highest BCUT2D eigenvalue weighted by atomic mass is 16.7. The summed E-state index contributed by atoms with van der Waals surface area (Å²) in [5.74, 6) is -1.61. The fraction of sp³-hybridized carbons (Fsp3) is 0.273. The normalized spacial score (nSPS) is 18.0. The number of hydroxylamine groups is 2. The monoisotopic (exact) mass is 546 g/mol. The summed E-state index contributed by atoms with van der Waals surface area (Å²) in [5.41, 5.74) is 3.39. The Hall–Kier alpha value is -4.40. The van der Waals surface area contributed by atoms with E-state index in [-0.39, 0.29) is 23.8 Å². The minimum absolute atomic E-state index is 0.196. The van der Waals surface area contributed by atoms with Crippen LogP contribution in [0.3, 0.4) is 0 Å². The first-order valence-electron chi connectivity index (χ1n) is 13.8. The summed E-state index contributed by atoms with van der Waals surface area (Å²) in [6, 6.07) is 11.1. The first-order chi connectivity index (χ1) is 19.7. The number of hydrogen-bond acceptors (Lipinski definition) is 6. The van der Waals surface area contributed by atoms with Crippen molar-refractivity contribution in [3.8, 4) is 0 Å². The molecule has 3 heterocycles. The molecule has 8 rings (SSSR count). The highest BCUT2D eigenvalue weighted by molar-refractivity contribution is 6.42. The van der Waals surface area contributed by atoms with E-state index < -0.39 is 11.8 Å². The molecule has 0 aromatic heterocycles. The van der Waals surface area contributed by atoms with E-state index in [1.807, 2.05) is 45.0 Å². The van der Waals surface area contributed by atoms with Crippen LogP contribution >= 0.6 is 0 Å². The summed E-state index contributed by atoms with van der Waals surface area (Å²) < 4.78 is 5.38. The Kier molecular flexibility index (Phi) is 4.68. The summed E-state index contributed by atoms with van der Waals surface area (Å²) in [5, 5.41) is 7.45. The van der Waals surface area contributed by atoms with Crippen molar-refractivity contribution in [3.05, 3.63) is 69.8 Å². The lowest BCUT2D eigenvalue weighted by molar-refractivity contribution is -0.195. The largest absolute Gasteiger partial charge is 0.380 e. The maximum atomic E-state index is 13.8. The molecule has 204 valence electrons. The predicted octanol–water partition coefficient (Wildman–Crippen LogP) is 5.53. The van der Waals surface area contributed by atoms with Crippen LogP contribution in [0.25, 0.3) is 43.1 Å². The van der Waals surface area contributed by atoms with E-state index in [4.69, 9.17) is 9.57 Å². The Morgan fingerprint density at radius 1 is 0.707 bits per heavy atom. The fourth-order valence-corrected chi connectivity index (χ4v) is 7.07. The number of aryl methyl sites for hydroxylation is 2. The molecular weight excluding hydrogens is 520 g/mol. The number of imide groups is 2. The molecule has 8 nitrogen and oxygen atoms in total. The van der Waals surface area contributed by atoms with E-state index in [1.54, 1.807) is 12.1 Å². The molecule has 0 spiro atoms. The van der Waals surface area contributed by atoms with Crippen molar-refractivity contribution in [2.45, 2.75) is 27.2 Å². The van der Waals surface area contributed by atoms with Gasteiger partial charge in [0.25, 0.3) is 23.6 Å². The number of hydrogen-bond donors (Lipinski definition) is 0. The Bertz CT molecular complexity index is 2080. The molecule has 0 aliphatic carbocycles. The van der Waals surface area contributed by atoms with Gasteiger partial charge in [-0.05, 0) is 88.0 Å². The smallest absolute Gasteiger partial charge is 0.285 e. The second-order valence-electron chi connectivity index (χ2n) is 11.7. The summed E-state index contributed by atoms with van der Waals surface area (Å²) in [6.07, 6.45) is 0.822. The second kappa shape index (κ2) is 7.87. The van der Waals surface area contributed by atoms with Gasteiger partial charge in [0.15, 0.2) is 0 Å². The highest BCUT2D eigenvalue weighted by Gasteiger charge is 2.42. The van der Waals surface area contributed by atoms with Crippen molar-refractivity contribution >= 4 is 66.7 Å². The Balaban J connectivity index is 1.43. The second-order valence-corrected chi connectivity index (χ2v) is 11.7. The average Bonchev–Trinajstić information content (AvgIpc) is 2.94. The third-order valence-electron chi connectivity index (χ3n) is 9.46. The van der Waals surface area contributed by atoms with Crippen molar-refractivity contribution in [1.82, 2.24) is 9.96 Å². The van der Waals surface area contributed by atoms with Crippen LogP contribution in [0.1, 0.15) is 65.9 Å². The molecule has 8 heteroatoms. The molecule has 4 amide bonds. The van der Waals surface area contributed by atoms with Gasteiger partial charge in [0.1, 0.15) is 0 Å². The highest BCUT2D eigenvalue weighted by Crippen LogP contribution is 2.48. The molecule has 0 atom stereocenters. The number of carbonyl (C=O) groups is 4. The van der Waals surface area contributed by atoms with Crippen LogP contribution in [0.15, 0.2) is 36.4 Å². The summed E-state index contributed by atoms with van der Waals surface area (Å²) in [4.78, 5) is 61.0. The van der Waals surface area contributed by atoms with Crippen LogP contribution in [-0.4, -0.2) is 60.5 Å². The van der Waals surface area contributed by atoms with E-state index in [9.17, 15) is 19.2 Å². The molecule has 3 aliphatic heterocycles. The number of nitrogens with zero attached hydrogens (tertiary/aromatic N) is 2. The van der Waals surface area contributed by atoms with Crippen LogP contribution in [0.4, 0.5) is 0 Å². The molecule has 0 N–H and O–H groups in total. The topological polar surface area (TPSA) is 93.2 Å². The molecule has 0 radical (unpaired) electrons. The van der Waals surface area contributed by atoms with E-state index in [1.165, 1.54) is 7.05 Å². The number of ether oxygens (including phenoxy) is 1. The lowest BCUT2D eigenvalue weighted by Crippen LogP contribution is -2.49. The zero-order valence-corrected chi connectivity index (χ0v) is 23.1. The van der Waals surface area contributed by atoms with Gasteiger partial charge in [0, 0.05) is 34.4 Å². The van der Waals surface area contributed by atoms with Crippen molar-refractivity contribution < 1.29 is 28.8 Å². The van der Waals surface area contributed by atoms with Crippen molar-refractivity contribution in [1.29, 1.82) is 0 Å². The average molecular weight is 547 g/mol. The van der Waals surface area contributed by atoms with Gasteiger partial charge in [-0.1, -0.05) is 19.1 Å². The van der Waals surface area contributed by atoms with Gasteiger partial charge in [0.2, 0.25) is 0 Å². The SMILES string of the molecule is CCC1(CON2C(=O)c3ccc4c5c(C)cc6c7c(ccc(c8c(C)cc(c3c48)C2=O)c75)C(=O)N(C)C6=O)COC1. The van der Waals surface area contributed by atoms with Gasteiger partial charge >= 0.3 is 0 Å². The minimum atomic E-state index is -0.484. The van der Waals surface area contributed by atoms with Gasteiger partial charge in [-0.25, -0.2) is 0 Å². The van der Waals surface area contributed by atoms with Crippen molar-refractivity contribution in [2.24, 2.45) is 5.41 Å². The number of carbonyl (C=O) groups excluding carboxylic acids is 4. The standard InChI is InChI=1S/C33H26N2O6/c1-5-33(12-40-13-33)14-41-35-31(38)20-9-7-18-23-15(2)10-21-25-19(29(36)34(4)30(21)37)8-6-17(27(23)25)24-16(3)11-22(32(35)39)26(20)28(18)24/h6-11H,5,12-14H2,1-4H3. The first kappa shape index (κ1) is 24.4. The van der Waals surface area contributed by atoms with E-state index in [0.717, 1.165) is 59.8 Å². The number of amides is 4. The van der Waals surface area contributed by atoms with Gasteiger partial charge in [0.05, 0.1) is 30.9 Å². The third kappa shape index (κ3) is 2.86. The van der Waals surface area contributed by atoms with E-state index in [2.05, 4.69) is 0 Å². The molecule has 1 saturated heterocycles. The fourth-order valence-electron chi connectivity index (χ4n) is 7.07. The summed E-state index contributed by atoms with van der Waals surface area (Å²) >= 11 is 0. The maximum absolute atomic E-state index is 13.8. The zero-order chi connectivity index (χ0) is 28.5. The van der Waals surface area contributed by atoms with E-state index in [0.29, 0.717) is 46.2 Å². The van der Waals surface area contributed by atoms with E-state index >= 15 is 0 Å². The molecule has 5 aromatic carbocycles. The van der Waals surface area contributed by atoms with Crippen LogP contribution in [0.5, 0.6) is 0 Å². The summed E-state index contributed by atoms with van der Waals surface area (Å²) in [6.45, 7) is 7.26. The summed E-state index contributed by atoms with van der Waals surface area (Å²) in [7, 11) is 1.51. The minimum Gasteiger partial charge on any atom is -0.380 e. The molecule has 1 fully saturated rings. The van der Waals surface area contributed by atoms with Crippen LogP contribution < -0.4 is 0 Å². The van der Waals surface area contributed by atoms with Crippen molar-refractivity contribution in [3.63, 3.8) is 0 Å². The molecule has 41 heavy (non-hydrogen) atoms. The lowest BCUT2D eigenvalue weighted by atomic mass is 9.80. The molecule has 0 saturated carbocycles. The third-order valence-corrected chi connectivity index (χ3v) is 9.46. The van der Waals surface area contributed by atoms with Crippen LogP contribution in [0, 0.1) is 19.3 Å². The molecular formula is C33H26N2O6. The quantitative estimate of drug-likeness (QED) is 0.167. The first-order valence-corrected chi connectivity index (χ1v) is 13.8.